The number of hydrogen-bond acceptors (Lipinski definition) is 5. The molecule has 0 spiro atoms. The first-order chi connectivity index (χ1) is 9.44. The van der Waals surface area contributed by atoms with E-state index in [0.717, 1.165) is 21.5 Å². The fourth-order valence-electron chi connectivity index (χ4n) is 1.92. The molecule has 0 saturated heterocycles. The van der Waals surface area contributed by atoms with Crippen LogP contribution in [-0.2, 0) is 16.1 Å². The fourth-order valence-corrected chi connectivity index (χ4v) is 2.52. The standard InChI is InChI=1S/C14H18BrNO4/c1-14(2,13(17)18-3)16-8-9-6-10(15)12-11(7-9)19-4-5-20-12/h6-7,16H,4-5,8H2,1-3H3. The Bertz CT molecular complexity index is 516. The summed E-state index contributed by atoms with van der Waals surface area (Å²) in [6.45, 7) is 5.19. The fraction of sp³-hybridized carbons (Fsp3) is 0.500. The Morgan fingerprint density at radius 2 is 2.10 bits per heavy atom. The molecular formula is C14H18BrNO4. The molecule has 0 atom stereocenters. The van der Waals surface area contributed by atoms with Gasteiger partial charge in [-0.15, -0.1) is 0 Å². The predicted molar refractivity (Wildman–Crippen MR) is 78.1 cm³/mol. The van der Waals surface area contributed by atoms with E-state index >= 15 is 0 Å². The highest BCUT2D eigenvalue weighted by molar-refractivity contribution is 9.10. The minimum Gasteiger partial charge on any atom is -0.486 e. The van der Waals surface area contributed by atoms with Crippen LogP contribution in [0.15, 0.2) is 16.6 Å². The molecule has 1 aliphatic rings. The lowest BCUT2D eigenvalue weighted by Gasteiger charge is -2.24. The molecule has 0 aliphatic carbocycles. The van der Waals surface area contributed by atoms with Crippen LogP contribution in [0.25, 0.3) is 0 Å². The van der Waals surface area contributed by atoms with Crippen molar-refractivity contribution in [3.05, 3.63) is 22.2 Å². The van der Waals surface area contributed by atoms with Crippen molar-refractivity contribution < 1.29 is 19.0 Å². The van der Waals surface area contributed by atoms with Crippen molar-refractivity contribution in [3.63, 3.8) is 0 Å². The number of nitrogens with one attached hydrogen (secondary N) is 1. The van der Waals surface area contributed by atoms with Crippen LogP contribution >= 0.6 is 15.9 Å². The number of methoxy groups -OCH3 is 1. The second-order valence-corrected chi connectivity index (χ2v) is 5.93. The molecule has 0 unspecified atom stereocenters. The van der Waals surface area contributed by atoms with Crippen molar-refractivity contribution >= 4 is 21.9 Å². The molecule has 0 radical (unpaired) electrons. The number of fused-ring (bicyclic) bond motifs is 1. The van der Waals surface area contributed by atoms with Gasteiger partial charge in [0.2, 0.25) is 0 Å². The molecule has 1 aromatic carbocycles. The zero-order valence-electron chi connectivity index (χ0n) is 11.8. The van der Waals surface area contributed by atoms with E-state index in [2.05, 4.69) is 21.2 Å². The van der Waals surface area contributed by atoms with Crippen LogP contribution in [0.1, 0.15) is 19.4 Å². The molecular weight excluding hydrogens is 326 g/mol. The Morgan fingerprint density at radius 1 is 1.40 bits per heavy atom. The number of halogens is 1. The maximum atomic E-state index is 11.6. The van der Waals surface area contributed by atoms with Crippen molar-refractivity contribution in [2.24, 2.45) is 0 Å². The van der Waals surface area contributed by atoms with E-state index in [0.29, 0.717) is 19.8 Å². The normalized spacial score (nSPS) is 14.0. The summed E-state index contributed by atoms with van der Waals surface area (Å²) >= 11 is 3.47. The van der Waals surface area contributed by atoms with Crippen molar-refractivity contribution in [1.82, 2.24) is 5.32 Å². The maximum Gasteiger partial charge on any atom is 0.325 e. The highest BCUT2D eigenvalue weighted by Gasteiger charge is 2.28. The number of rotatable bonds is 4. The largest absolute Gasteiger partial charge is 0.486 e. The summed E-state index contributed by atoms with van der Waals surface area (Å²) in [6, 6.07) is 3.87. The van der Waals surface area contributed by atoms with Gasteiger partial charge in [0.05, 0.1) is 11.6 Å². The summed E-state index contributed by atoms with van der Waals surface area (Å²) in [4.78, 5) is 11.6. The number of carbonyl (C=O) groups excluding carboxylic acids is 1. The third kappa shape index (κ3) is 3.24. The van der Waals surface area contributed by atoms with E-state index in [-0.39, 0.29) is 5.97 Å². The van der Waals surface area contributed by atoms with E-state index in [9.17, 15) is 4.79 Å². The highest BCUT2D eigenvalue weighted by Crippen LogP contribution is 2.38. The average molecular weight is 344 g/mol. The Labute approximate surface area is 126 Å². The smallest absolute Gasteiger partial charge is 0.325 e. The van der Waals surface area contributed by atoms with Crippen molar-refractivity contribution in [2.45, 2.75) is 25.9 Å². The van der Waals surface area contributed by atoms with Crippen LogP contribution in [0.3, 0.4) is 0 Å². The molecule has 0 bridgehead atoms. The summed E-state index contributed by atoms with van der Waals surface area (Å²) in [5, 5.41) is 3.17. The van der Waals surface area contributed by atoms with Crippen LogP contribution in [-0.4, -0.2) is 31.8 Å². The van der Waals surface area contributed by atoms with Crippen LogP contribution in [0.4, 0.5) is 0 Å². The lowest BCUT2D eigenvalue weighted by molar-refractivity contribution is -0.147. The molecule has 0 amide bonds. The summed E-state index contributed by atoms with van der Waals surface area (Å²) in [7, 11) is 1.38. The molecule has 0 fully saturated rings. The zero-order valence-corrected chi connectivity index (χ0v) is 13.4. The molecule has 1 aromatic rings. The minimum absolute atomic E-state index is 0.297. The van der Waals surface area contributed by atoms with Crippen molar-refractivity contribution in [3.8, 4) is 11.5 Å². The second-order valence-electron chi connectivity index (χ2n) is 5.07. The Kier molecular flexibility index (Phi) is 4.55. The first-order valence-corrected chi connectivity index (χ1v) is 7.15. The van der Waals surface area contributed by atoms with Gasteiger partial charge < -0.3 is 14.2 Å². The molecule has 0 aromatic heterocycles. The highest BCUT2D eigenvalue weighted by atomic mass is 79.9. The number of hydrogen-bond donors (Lipinski definition) is 1. The van der Waals surface area contributed by atoms with Gasteiger partial charge in [-0.05, 0) is 47.5 Å². The van der Waals surface area contributed by atoms with Crippen LogP contribution in [0.2, 0.25) is 0 Å². The van der Waals surface area contributed by atoms with Gasteiger partial charge in [0.15, 0.2) is 11.5 Å². The summed E-state index contributed by atoms with van der Waals surface area (Å²) in [5.41, 5.74) is 0.257. The maximum absolute atomic E-state index is 11.6. The quantitative estimate of drug-likeness (QED) is 0.850. The van der Waals surface area contributed by atoms with Gasteiger partial charge in [0.25, 0.3) is 0 Å². The Hall–Kier alpha value is -1.27. The van der Waals surface area contributed by atoms with E-state index in [1.165, 1.54) is 7.11 Å². The van der Waals surface area contributed by atoms with Gasteiger partial charge >= 0.3 is 5.97 Å². The number of carbonyl (C=O) groups is 1. The monoisotopic (exact) mass is 343 g/mol. The van der Waals surface area contributed by atoms with Gasteiger partial charge in [0.1, 0.15) is 18.8 Å². The lowest BCUT2D eigenvalue weighted by Crippen LogP contribution is -2.46. The minimum atomic E-state index is -0.742. The number of ether oxygens (including phenoxy) is 3. The Morgan fingerprint density at radius 3 is 2.80 bits per heavy atom. The van der Waals surface area contributed by atoms with Crippen LogP contribution in [0.5, 0.6) is 11.5 Å². The second kappa shape index (κ2) is 6.01. The van der Waals surface area contributed by atoms with Crippen LogP contribution < -0.4 is 14.8 Å². The van der Waals surface area contributed by atoms with Crippen molar-refractivity contribution in [1.29, 1.82) is 0 Å². The molecule has 1 N–H and O–H groups in total. The molecule has 20 heavy (non-hydrogen) atoms. The SMILES string of the molecule is COC(=O)C(C)(C)NCc1cc(Br)c2c(c1)OCCO2. The van der Waals surface area contributed by atoms with Gasteiger partial charge in [0, 0.05) is 6.54 Å². The summed E-state index contributed by atoms with van der Waals surface area (Å²) in [6.07, 6.45) is 0. The van der Waals surface area contributed by atoms with Gasteiger partial charge in [-0.1, -0.05) is 0 Å². The molecule has 110 valence electrons. The van der Waals surface area contributed by atoms with E-state index in [4.69, 9.17) is 14.2 Å². The third-order valence-electron chi connectivity index (χ3n) is 3.09. The van der Waals surface area contributed by atoms with E-state index < -0.39 is 5.54 Å². The van der Waals surface area contributed by atoms with Gasteiger partial charge in [-0.2, -0.15) is 0 Å². The topological polar surface area (TPSA) is 56.8 Å². The van der Waals surface area contributed by atoms with Gasteiger partial charge in [-0.3, -0.25) is 10.1 Å². The summed E-state index contributed by atoms with van der Waals surface area (Å²) in [5.74, 6) is 1.15. The molecule has 1 heterocycles. The third-order valence-corrected chi connectivity index (χ3v) is 3.68. The average Bonchev–Trinajstić information content (AvgIpc) is 2.44. The predicted octanol–water partition coefficient (Wildman–Crippen LogP) is 2.26. The van der Waals surface area contributed by atoms with E-state index in [1.54, 1.807) is 13.8 Å². The molecule has 6 heteroatoms. The Balaban J connectivity index is 2.11. The number of esters is 1. The van der Waals surface area contributed by atoms with E-state index in [1.807, 2.05) is 12.1 Å². The van der Waals surface area contributed by atoms with Crippen molar-refractivity contribution in [2.75, 3.05) is 20.3 Å². The first-order valence-electron chi connectivity index (χ1n) is 6.35. The molecule has 5 nitrogen and oxygen atoms in total. The lowest BCUT2D eigenvalue weighted by atomic mass is 10.1. The number of benzene rings is 1. The molecule has 0 saturated carbocycles. The first kappa shape index (κ1) is 15.1. The molecule has 2 rings (SSSR count). The summed E-state index contributed by atoms with van der Waals surface area (Å²) < 4.78 is 16.7. The molecule has 1 aliphatic heterocycles. The zero-order chi connectivity index (χ0) is 14.8. The van der Waals surface area contributed by atoms with Gasteiger partial charge in [-0.25, -0.2) is 0 Å². The van der Waals surface area contributed by atoms with Crippen LogP contribution in [0, 0.1) is 0 Å².